The molecule has 1 aromatic heterocycles. The van der Waals surface area contributed by atoms with E-state index in [0.29, 0.717) is 15.9 Å². The Labute approximate surface area is 178 Å². The average molecular weight is 447 g/mol. The molecule has 0 atom stereocenters. The topological polar surface area (TPSA) is 94.8 Å². The zero-order chi connectivity index (χ0) is 21.7. The Morgan fingerprint density at radius 2 is 1.87 bits per heavy atom. The van der Waals surface area contributed by atoms with E-state index in [9.17, 15) is 18.0 Å². The summed E-state index contributed by atoms with van der Waals surface area (Å²) in [5, 5.41) is 0. The van der Waals surface area contributed by atoms with Crippen LogP contribution >= 0.6 is 11.3 Å². The molecule has 0 saturated heterocycles. The second-order valence-electron chi connectivity index (χ2n) is 6.68. The molecule has 3 rings (SSSR count). The number of fused-ring (bicyclic) bond motifs is 1. The van der Waals surface area contributed by atoms with Crippen molar-refractivity contribution in [3.63, 3.8) is 0 Å². The van der Waals surface area contributed by atoms with Crippen molar-refractivity contribution in [1.82, 2.24) is 4.57 Å². The van der Waals surface area contributed by atoms with Crippen LogP contribution in [0.25, 0.3) is 10.2 Å². The van der Waals surface area contributed by atoms with Crippen LogP contribution in [-0.2, 0) is 32.2 Å². The van der Waals surface area contributed by atoms with Gasteiger partial charge in [-0.15, -0.1) is 0 Å². The smallest absolute Gasteiger partial charge is 0.338 e. The summed E-state index contributed by atoms with van der Waals surface area (Å²) in [6, 6.07) is 14.0. The third-order valence-electron chi connectivity index (χ3n) is 4.40. The van der Waals surface area contributed by atoms with Gasteiger partial charge in [-0.05, 0) is 30.7 Å². The number of nitrogens with zero attached hydrogens (tertiary/aromatic N) is 2. The summed E-state index contributed by atoms with van der Waals surface area (Å²) in [5.74, 6) is -1.27. The highest BCUT2D eigenvalue weighted by molar-refractivity contribution is 7.90. The molecule has 2 aromatic carbocycles. The van der Waals surface area contributed by atoms with Gasteiger partial charge in [0.1, 0.15) is 0 Å². The largest absolute Gasteiger partial charge is 0.462 e. The molecule has 9 heteroatoms. The van der Waals surface area contributed by atoms with Crippen molar-refractivity contribution >= 4 is 43.3 Å². The number of esters is 1. The molecule has 0 fully saturated rings. The van der Waals surface area contributed by atoms with Crippen molar-refractivity contribution in [3.8, 4) is 0 Å². The number of hydrogen-bond acceptors (Lipinski definition) is 6. The van der Waals surface area contributed by atoms with Gasteiger partial charge in [0.25, 0.3) is 0 Å². The molecular weight excluding hydrogens is 424 g/mol. The Morgan fingerprint density at radius 3 is 2.57 bits per heavy atom. The first kappa shape index (κ1) is 21.9. The van der Waals surface area contributed by atoms with Crippen LogP contribution in [0.15, 0.2) is 53.5 Å². The number of aromatic nitrogens is 1. The van der Waals surface area contributed by atoms with Gasteiger partial charge in [0.15, 0.2) is 14.6 Å². The van der Waals surface area contributed by atoms with Gasteiger partial charge in [0.2, 0.25) is 5.91 Å². The number of rotatable bonds is 7. The fourth-order valence-electron chi connectivity index (χ4n) is 2.89. The minimum atomic E-state index is -3.41. The standard InChI is InChI=1S/C21H22N2O5S2/c1-3-28-20(25)16-9-10-17-18(13-16)29-21(23(17)2)22-19(24)11-12-30(26,27)14-15-7-5-4-6-8-15/h4-10,13H,3,11-12,14H2,1-2H3. The van der Waals surface area contributed by atoms with Gasteiger partial charge in [0.05, 0.1) is 33.9 Å². The number of carbonyl (C=O) groups is 2. The lowest BCUT2D eigenvalue weighted by molar-refractivity contribution is -0.117. The van der Waals surface area contributed by atoms with Crippen LogP contribution in [0.5, 0.6) is 0 Å². The zero-order valence-corrected chi connectivity index (χ0v) is 18.3. The lowest BCUT2D eigenvalue weighted by atomic mass is 10.2. The van der Waals surface area contributed by atoms with E-state index < -0.39 is 21.7 Å². The predicted octanol–water partition coefficient (Wildman–Crippen LogP) is 2.85. The van der Waals surface area contributed by atoms with Crippen molar-refractivity contribution < 1.29 is 22.7 Å². The third kappa shape index (κ3) is 5.43. The second-order valence-corrected chi connectivity index (χ2v) is 9.87. The van der Waals surface area contributed by atoms with E-state index in [2.05, 4.69) is 4.99 Å². The summed E-state index contributed by atoms with van der Waals surface area (Å²) in [5.41, 5.74) is 1.93. The first-order valence-electron chi connectivity index (χ1n) is 9.37. The highest BCUT2D eigenvalue weighted by Gasteiger charge is 2.15. The van der Waals surface area contributed by atoms with Crippen molar-refractivity contribution in [2.24, 2.45) is 12.0 Å². The average Bonchev–Trinajstić information content (AvgIpc) is 3.02. The van der Waals surface area contributed by atoms with Crippen LogP contribution in [0.3, 0.4) is 0 Å². The predicted molar refractivity (Wildman–Crippen MR) is 116 cm³/mol. The lowest BCUT2D eigenvalue weighted by Gasteiger charge is -2.03. The molecule has 1 amide bonds. The van der Waals surface area contributed by atoms with Crippen molar-refractivity contribution in [2.45, 2.75) is 19.1 Å². The number of thiazole rings is 1. The summed E-state index contributed by atoms with van der Waals surface area (Å²) in [6.07, 6.45) is -0.183. The maximum Gasteiger partial charge on any atom is 0.338 e. The van der Waals surface area contributed by atoms with Crippen LogP contribution < -0.4 is 4.80 Å². The summed E-state index contributed by atoms with van der Waals surface area (Å²) >= 11 is 1.26. The van der Waals surface area contributed by atoms with E-state index in [-0.39, 0.29) is 24.5 Å². The number of benzene rings is 2. The molecule has 0 saturated carbocycles. The minimum Gasteiger partial charge on any atom is -0.462 e. The first-order valence-corrected chi connectivity index (χ1v) is 12.0. The van der Waals surface area contributed by atoms with Gasteiger partial charge in [-0.1, -0.05) is 41.7 Å². The van der Waals surface area contributed by atoms with E-state index in [1.807, 2.05) is 6.07 Å². The maximum atomic E-state index is 12.3. The Morgan fingerprint density at radius 1 is 1.13 bits per heavy atom. The van der Waals surface area contributed by atoms with Gasteiger partial charge in [-0.25, -0.2) is 13.2 Å². The first-order chi connectivity index (χ1) is 14.3. The zero-order valence-electron chi connectivity index (χ0n) is 16.7. The van der Waals surface area contributed by atoms with Crippen LogP contribution in [0.1, 0.15) is 29.3 Å². The monoisotopic (exact) mass is 446 g/mol. The fraction of sp³-hybridized carbons (Fsp3) is 0.286. The highest BCUT2D eigenvalue weighted by atomic mass is 32.2. The van der Waals surface area contributed by atoms with Crippen LogP contribution in [0.4, 0.5) is 0 Å². The molecule has 0 spiro atoms. The molecule has 3 aromatic rings. The molecule has 0 aliphatic rings. The third-order valence-corrected chi connectivity index (χ3v) is 7.09. The molecular formula is C21H22N2O5S2. The van der Waals surface area contributed by atoms with Gasteiger partial charge in [0, 0.05) is 13.5 Å². The van der Waals surface area contributed by atoms with Crippen LogP contribution in [-0.4, -0.2) is 37.2 Å². The van der Waals surface area contributed by atoms with E-state index >= 15 is 0 Å². The van der Waals surface area contributed by atoms with E-state index in [4.69, 9.17) is 4.74 Å². The SMILES string of the molecule is CCOC(=O)c1ccc2c(c1)sc(=NC(=O)CCS(=O)(=O)Cc1ccccc1)n2C. The van der Waals surface area contributed by atoms with E-state index in [0.717, 1.165) is 10.2 Å². The quantitative estimate of drug-likeness (QED) is 0.520. The lowest BCUT2D eigenvalue weighted by Crippen LogP contribution is -2.16. The molecule has 0 aliphatic heterocycles. The van der Waals surface area contributed by atoms with Crippen molar-refractivity contribution in [2.75, 3.05) is 12.4 Å². The number of amides is 1. The van der Waals surface area contributed by atoms with Gasteiger partial charge in [-0.3, -0.25) is 4.79 Å². The van der Waals surface area contributed by atoms with E-state index in [1.165, 1.54) is 11.3 Å². The number of ether oxygens (including phenoxy) is 1. The van der Waals surface area contributed by atoms with Crippen molar-refractivity contribution in [1.29, 1.82) is 0 Å². The summed E-state index contributed by atoms with van der Waals surface area (Å²) in [6.45, 7) is 2.03. The van der Waals surface area contributed by atoms with E-state index in [1.54, 1.807) is 61.0 Å². The Kier molecular flexibility index (Phi) is 6.84. The second kappa shape index (κ2) is 9.36. The number of hydrogen-bond donors (Lipinski definition) is 0. The minimum absolute atomic E-state index is 0.103. The summed E-state index contributed by atoms with van der Waals surface area (Å²) < 4.78 is 32.1. The molecule has 7 nitrogen and oxygen atoms in total. The molecule has 1 heterocycles. The summed E-state index contributed by atoms with van der Waals surface area (Å²) in [4.78, 5) is 28.7. The maximum absolute atomic E-state index is 12.3. The molecule has 0 N–H and O–H groups in total. The number of sulfone groups is 1. The number of carbonyl (C=O) groups excluding carboxylic acids is 2. The normalized spacial score (nSPS) is 12.3. The van der Waals surface area contributed by atoms with Crippen molar-refractivity contribution in [3.05, 3.63) is 64.5 Å². The molecule has 158 valence electrons. The van der Waals surface area contributed by atoms with Gasteiger partial charge in [-0.2, -0.15) is 4.99 Å². The highest BCUT2D eigenvalue weighted by Crippen LogP contribution is 2.19. The van der Waals surface area contributed by atoms with Crippen LogP contribution in [0, 0.1) is 0 Å². The van der Waals surface area contributed by atoms with Gasteiger partial charge < -0.3 is 9.30 Å². The molecule has 0 aliphatic carbocycles. The van der Waals surface area contributed by atoms with Gasteiger partial charge >= 0.3 is 5.97 Å². The summed E-state index contributed by atoms with van der Waals surface area (Å²) in [7, 11) is -1.65. The Bertz CT molecular complexity index is 1240. The fourth-order valence-corrected chi connectivity index (χ4v) is 5.29. The molecule has 30 heavy (non-hydrogen) atoms. The molecule has 0 unspecified atom stereocenters. The number of aryl methyl sites for hydroxylation is 1. The van der Waals surface area contributed by atoms with Crippen LogP contribution in [0.2, 0.25) is 0 Å². The molecule has 0 bridgehead atoms. The molecule has 0 radical (unpaired) electrons. The Balaban J connectivity index is 1.74. The Hall–Kier alpha value is -2.78.